The standard InChI is InChI=1S/C13H9N2.C13H27.Sn/c1-2-6-10(7-3-1)13-14-11-8-4-5-9-12(11)15-13;1-4-7-10-13(11-8-5-2)12-9-6-3;/h2-9H,(H,14,15);4-12H2,1-3H3;. The maximum atomic E-state index is 4.77. The van der Waals surface area contributed by atoms with Crippen molar-refractivity contribution in [1.82, 2.24) is 9.97 Å². The Morgan fingerprint density at radius 1 is 0.793 bits per heavy atom. The molecule has 0 saturated carbocycles. The van der Waals surface area contributed by atoms with E-state index in [4.69, 9.17) is 4.98 Å². The molecule has 1 aromatic heterocycles. The number of benzene rings is 2. The van der Waals surface area contributed by atoms with Gasteiger partial charge in [0.25, 0.3) is 0 Å². The molecule has 0 fully saturated rings. The predicted molar refractivity (Wildman–Crippen MR) is 128 cm³/mol. The molecule has 2 nitrogen and oxygen atoms in total. The van der Waals surface area contributed by atoms with Gasteiger partial charge < -0.3 is 0 Å². The third-order valence-corrected chi connectivity index (χ3v) is 11.4. The Balaban J connectivity index is 1.79. The van der Waals surface area contributed by atoms with E-state index < -0.39 is 21.1 Å². The third-order valence-electron chi connectivity index (χ3n) is 5.98. The fourth-order valence-electron chi connectivity index (χ4n) is 4.22. The second kappa shape index (κ2) is 11.2. The third kappa shape index (κ3) is 6.10. The van der Waals surface area contributed by atoms with Crippen LogP contribution in [0.25, 0.3) is 22.4 Å². The van der Waals surface area contributed by atoms with Crippen molar-refractivity contribution in [1.29, 1.82) is 0 Å². The molecule has 2 aromatic carbocycles. The molecular formula is C26H36N2Sn. The Bertz CT molecular complexity index is 811. The molecule has 3 rings (SSSR count). The van der Waals surface area contributed by atoms with Crippen LogP contribution in [0.5, 0.6) is 0 Å². The number of nitrogens with zero attached hydrogens (tertiary/aromatic N) is 1. The van der Waals surface area contributed by atoms with E-state index in [9.17, 15) is 0 Å². The Morgan fingerprint density at radius 3 is 1.93 bits per heavy atom. The van der Waals surface area contributed by atoms with Gasteiger partial charge >= 0.3 is 188 Å². The topological polar surface area (TPSA) is 28.7 Å². The minimum absolute atomic E-state index is 0.645. The van der Waals surface area contributed by atoms with E-state index in [1.165, 1.54) is 63.4 Å². The summed E-state index contributed by atoms with van der Waals surface area (Å²) in [6, 6.07) is 17.7. The Labute approximate surface area is 187 Å². The monoisotopic (exact) mass is 496 g/mol. The van der Waals surface area contributed by atoms with Gasteiger partial charge in [-0.1, -0.05) is 0 Å². The second-order valence-corrected chi connectivity index (χ2v) is 13.8. The Hall–Kier alpha value is -1.29. The van der Waals surface area contributed by atoms with Gasteiger partial charge in [-0.15, -0.1) is 0 Å². The molecule has 1 heterocycles. The minimum atomic E-state index is -0.658. The average molecular weight is 495 g/mol. The SMILES string of the molecule is CCCC[C](CCCC)(CCCC)[Sn][c]1ccc(-c2nc3ccccc3[nH]2)cc1. The molecule has 3 aromatic rings. The van der Waals surface area contributed by atoms with Crippen molar-refractivity contribution >= 4 is 35.8 Å². The fourth-order valence-corrected chi connectivity index (χ4v) is 9.50. The van der Waals surface area contributed by atoms with E-state index >= 15 is 0 Å². The van der Waals surface area contributed by atoms with Crippen LogP contribution in [0.4, 0.5) is 0 Å². The van der Waals surface area contributed by atoms with Crippen molar-refractivity contribution in [3.05, 3.63) is 48.5 Å². The number of H-pyrrole nitrogens is 1. The van der Waals surface area contributed by atoms with E-state index in [1.54, 1.807) is 3.58 Å². The van der Waals surface area contributed by atoms with Gasteiger partial charge in [0, 0.05) is 0 Å². The normalized spacial score (nSPS) is 12.0. The van der Waals surface area contributed by atoms with Crippen molar-refractivity contribution in [3.8, 4) is 11.4 Å². The van der Waals surface area contributed by atoms with E-state index in [-0.39, 0.29) is 0 Å². The van der Waals surface area contributed by atoms with Crippen LogP contribution < -0.4 is 3.58 Å². The van der Waals surface area contributed by atoms with Crippen molar-refractivity contribution in [2.45, 2.75) is 82.0 Å². The molecule has 1 N–H and O–H groups in total. The van der Waals surface area contributed by atoms with Crippen LogP contribution in [0, 0.1) is 0 Å². The molecule has 0 amide bonds. The number of nitrogens with one attached hydrogen (secondary N) is 1. The molecule has 2 radical (unpaired) electrons. The molecule has 0 atom stereocenters. The number of unbranched alkanes of at least 4 members (excludes halogenated alkanes) is 3. The number of hydrogen-bond acceptors (Lipinski definition) is 1. The number of rotatable bonds is 12. The number of para-hydroxylation sites is 2. The molecule has 0 saturated heterocycles. The summed E-state index contributed by atoms with van der Waals surface area (Å²) in [6.45, 7) is 7.03. The van der Waals surface area contributed by atoms with Gasteiger partial charge in [-0.2, -0.15) is 0 Å². The number of aromatic nitrogens is 2. The molecule has 0 spiro atoms. The molecule has 29 heavy (non-hydrogen) atoms. The molecule has 0 aliphatic rings. The first kappa shape index (κ1) is 22.4. The molecule has 0 unspecified atom stereocenters. The summed E-state index contributed by atoms with van der Waals surface area (Å²) < 4.78 is 2.29. The average Bonchev–Trinajstić information content (AvgIpc) is 3.19. The maximum absolute atomic E-state index is 4.77. The fraction of sp³-hybridized carbons (Fsp3) is 0.500. The summed E-state index contributed by atoms with van der Waals surface area (Å²) >= 11 is -0.658. The summed E-state index contributed by atoms with van der Waals surface area (Å²) in [5.74, 6) is 0.984. The number of fused-ring (bicyclic) bond motifs is 1. The van der Waals surface area contributed by atoms with E-state index in [1.807, 2.05) is 6.07 Å². The van der Waals surface area contributed by atoms with E-state index in [2.05, 4.69) is 68.2 Å². The first-order chi connectivity index (χ1) is 14.2. The zero-order valence-electron chi connectivity index (χ0n) is 18.4. The Morgan fingerprint density at radius 2 is 1.38 bits per heavy atom. The predicted octanol–water partition coefficient (Wildman–Crippen LogP) is 7.29. The van der Waals surface area contributed by atoms with Crippen molar-refractivity contribution in [2.24, 2.45) is 0 Å². The molecule has 154 valence electrons. The summed E-state index contributed by atoms with van der Waals surface area (Å²) in [5.41, 5.74) is 3.35. The van der Waals surface area contributed by atoms with Gasteiger partial charge in [0.15, 0.2) is 0 Å². The first-order valence-corrected chi connectivity index (χ1v) is 14.4. The second-order valence-electron chi connectivity index (χ2n) is 8.40. The van der Waals surface area contributed by atoms with E-state index in [0.717, 1.165) is 16.9 Å². The van der Waals surface area contributed by atoms with Gasteiger partial charge in [-0.25, -0.2) is 0 Å². The number of hydrogen-bond donors (Lipinski definition) is 1. The van der Waals surface area contributed by atoms with Crippen molar-refractivity contribution in [3.63, 3.8) is 0 Å². The van der Waals surface area contributed by atoms with Gasteiger partial charge in [-0.05, 0) is 0 Å². The van der Waals surface area contributed by atoms with E-state index in [0.29, 0.717) is 3.43 Å². The van der Waals surface area contributed by atoms with Gasteiger partial charge in [0.2, 0.25) is 0 Å². The van der Waals surface area contributed by atoms with Crippen LogP contribution in [-0.4, -0.2) is 31.1 Å². The first-order valence-electron chi connectivity index (χ1n) is 11.5. The van der Waals surface area contributed by atoms with Crippen LogP contribution in [0.2, 0.25) is 3.43 Å². The Kier molecular flexibility index (Phi) is 8.65. The van der Waals surface area contributed by atoms with Crippen LogP contribution in [0.15, 0.2) is 48.5 Å². The molecule has 0 aliphatic heterocycles. The molecule has 0 bridgehead atoms. The van der Waals surface area contributed by atoms with Crippen LogP contribution >= 0.6 is 0 Å². The molecule has 0 aliphatic carbocycles. The summed E-state index contributed by atoms with van der Waals surface area (Å²) in [5, 5.41) is 0. The van der Waals surface area contributed by atoms with Crippen molar-refractivity contribution in [2.75, 3.05) is 0 Å². The summed E-state index contributed by atoms with van der Waals surface area (Å²) in [6.07, 6.45) is 12.5. The molecule has 3 heteroatoms. The summed E-state index contributed by atoms with van der Waals surface area (Å²) in [4.78, 5) is 8.23. The number of aromatic amines is 1. The zero-order valence-corrected chi connectivity index (χ0v) is 21.3. The van der Waals surface area contributed by atoms with Crippen LogP contribution in [0.1, 0.15) is 78.6 Å². The van der Waals surface area contributed by atoms with Crippen molar-refractivity contribution < 1.29 is 0 Å². The van der Waals surface area contributed by atoms with Crippen LogP contribution in [0.3, 0.4) is 0 Å². The quantitative estimate of drug-likeness (QED) is 0.263. The number of imidazole rings is 1. The van der Waals surface area contributed by atoms with Gasteiger partial charge in [-0.3, -0.25) is 0 Å². The van der Waals surface area contributed by atoms with Gasteiger partial charge in [0.05, 0.1) is 0 Å². The molecular weight excluding hydrogens is 459 g/mol. The zero-order chi connectivity index (χ0) is 20.5. The van der Waals surface area contributed by atoms with Crippen LogP contribution in [-0.2, 0) is 0 Å². The summed E-state index contributed by atoms with van der Waals surface area (Å²) in [7, 11) is 0. The van der Waals surface area contributed by atoms with Gasteiger partial charge in [0.1, 0.15) is 0 Å².